The number of nitrogens with zero attached hydrogens (tertiary/aromatic N) is 2. The lowest BCUT2D eigenvalue weighted by Gasteiger charge is -2.34. The summed E-state index contributed by atoms with van der Waals surface area (Å²) in [5.41, 5.74) is -0.0542. The van der Waals surface area contributed by atoms with Gasteiger partial charge in [0.15, 0.2) is 10.7 Å². The van der Waals surface area contributed by atoms with Gasteiger partial charge in [0, 0.05) is 18.5 Å². The average molecular weight is 268 g/mol. The van der Waals surface area contributed by atoms with Crippen LogP contribution in [-0.4, -0.2) is 40.0 Å². The molecule has 1 aromatic rings. The molecule has 1 fully saturated rings. The molecule has 5 nitrogen and oxygen atoms in total. The molecular weight excluding hydrogens is 252 g/mol. The van der Waals surface area contributed by atoms with E-state index < -0.39 is 5.97 Å². The third-order valence-corrected chi connectivity index (χ3v) is 3.89. The number of aromatic carboxylic acids is 1. The van der Waals surface area contributed by atoms with Crippen molar-refractivity contribution in [3.05, 3.63) is 16.1 Å². The Labute approximate surface area is 109 Å². The van der Waals surface area contributed by atoms with Gasteiger partial charge in [-0.2, -0.15) is 0 Å². The molecule has 1 aromatic heterocycles. The first kappa shape index (κ1) is 13.0. The van der Waals surface area contributed by atoms with Crippen molar-refractivity contribution < 1.29 is 14.7 Å². The second-order valence-corrected chi connectivity index (χ2v) is 5.86. The summed E-state index contributed by atoms with van der Waals surface area (Å²) in [7, 11) is 0. The van der Waals surface area contributed by atoms with Crippen molar-refractivity contribution in [3.8, 4) is 0 Å². The first-order valence-corrected chi connectivity index (χ1v) is 6.83. The van der Waals surface area contributed by atoms with Gasteiger partial charge in [0.1, 0.15) is 0 Å². The zero-order chi connectivity index (χ0) is 13.3. The van der Waals surface area contributed by atoms with Crippen LogP contribution in [0.3, 0.4) is 0 Å². The minimum atomic E-state index is -1.09. The fourth-order valence-electron chi connectivity index (χ4n) is 2.43. The summed E-state index contributed by atoms with van der Waals surface area (Å²) in [5.74, 6) is -0.273. The number of likely N-dealkylation sites (tertiary alicyclic amines) is 1. The second kappa shape index (κ2) is 5.06. The lowest BCUT2D eigenvalue weighted by Crippen LogP contribution is -2.42. The largest absolute Gasteiger partial charge is 0.476 e. The minimum absolute atomic E-state index is 0.0542. The van der Waals surface area contributed by atoms with Gasteiger partial charge in [-0.1, -0.05) is 13.8 Å². The number of carbonyl (C=O) groups excluding carboxylic acids is 1. The molecule has 2 unspecified atom stereocenters. The molecule has 6 heteroatoms. The Morgan fingerprint density at radius 1 is 1.39 bits per heavy atom. The van der Waals surface area contributed by atoms with E-state index in [1.54, 1.807) is 4.90 Å². The summed E-state index contributed by atoms with van der Waals surface area (Å²) in [6.07, 6.45) is 1.13. The molecule has 2 atom stereocenters. The van der Waals surface area contributed by atoms with E-state index in [1.165, 1.54) is 5.38 Å². The van der Waals surface area contributed by atoms with E-state index in [1.807, 2.05) is 0 Å². The van der Waals surface area contributed by atoms with Crippen LogP contribution >= 0.6 is 11.3 Å². The molecule has 0 bridgehead atoms. The maximum Gasteiger partial charge on any atom is 0.355 e. The Balaban J connectivity index is 2.12. The number of hydrogen-bond donors (Lipinski definition) is 1. The van der Waals surface area contributed by atoms with Crippen molar-refractivity contribution in [1.29, 1.82) is 0 Å². The van der Waals surface area contributed by atoms with Gasteiger partial charge in [-0.25, -0.2) is 9.78 Å². The van der Waals surface area contributed by atoms with Crippen molar-refractivity contribution >= 4 is 23.2 Å². The van der Waals surface area contributed by atoms with Gasteiger partial charge in [0.05, 0.1) is 0 Å². The highest BCUT2D eigenvalue weighted by Crippen LogP contribution is 2.23. The lowest BCUT2D eigenvalue weighted by molar-refractivity contribution is 0.0622. The molecule has 1 saturated heterocycles. The standard InChI is InChI=1S/C12H16N2O3S/c1-7-3-8(2)5-14(4-7)11(15)10-13-9(6-18-10)12(16)17/h6-8H,3-5H2,1-2H3,(H,16,17). The predicted molar refractivity (Wildman–Crippen MR) is 67.9 cm³/mol. The molecule has 18 heavy (non-hydrogen) atoms. The summed E-state index contributed by atoms with van der Waals surface area (Å²) >= 11 is 1.10. The predicted octanol–water partition coefficient (Wildman–Crippen LogP) is 1.96. The smallest absolute Gasteiger partial charge is 0.355 e. The van der Waals surface area contributed by atoms with Crippen LogP contribution in [0.15, 0.2) is 5.38 Å². The van der Waals surface area contributed by atoms with Crippen LogP contribution in [0, 0.1) is 11.8 Å². The van der Waals surface area contributed by atoms with Gasteiger partial charge >= 0.3 is 5.97 Å². The molecule has 1 amide bonds. The maximum atomic E-state index is 12.2. The van der Waals surface area contributed by atoms with E-state index in [0.717, 1.165) is 30.8 Å². The van der Waals surface area contributed by atoms with E-state index in [9.17, 15) is 9.59 Å². The highest BCUT2D eigenvalue weighted by atomic mass is 32.1. The molecule has 0 spiro atoms. The van der Waals surface area contributed by atoms with Crippen molar-refractivity contribution in [2.24, 2.45) is 11.8 Å². The van der Waals surface area contributed by atoms with Crippen LogP contribution in [0.5, 0.6) is 0 Å². The molecule has 1 aliphatic heterocycles. The van der Waals surface area contributed by atoms with Gasteiger partial charge in [-0.15, -0.1) is 11.3 Å². The van der Waals surface area contributed by atoms with Gasteiger partial charge in [-0.05, 0) is 18.3 Å². The van der Waals surface area contributed by atoms with E-state index in [-0.39, 0.29) is 16.6 Å². The van der Waals surface area contributed by atoms with Gasteiger partial charge in [0.25, 0.3) is 5.91 Å². The first-order chi connectivity index (χ1) is 8.47. The minimum Gasteiger partial charge on any atom is -0.476 e. The Hall–Kier alpha value is -1.43. The monoisotopic (exact) mass is 268 g/mol. The van der Waals surface area contributed by atoms with Crippen LogP contribution in [0.25, 0.3) is 0 Å². The van der Waals surface area contributed by atoms with E-state index in [4.69, 9.17) is 5.11 Å². The fraction of sp³-hybridized carbons (Fsp3) is 0.583. The molecule has 98 valence electrons. The molecule has 1 N–H and O–H groups in total. The summed E-state index contributed by atoms with van der Waals surface area (Å²) in [4.78, 5) is 28.6. The number of carbonyl (C=O) groups is 2. The van der Waals surface area contributed by atoms with Crippen LogP contribution in [-0.2, 0) is 0 Å². The number of piperidine rings is 1. The van der Waals surface area contributed by atoms with Gasteiger partial charge in [0.2, 0.25) is 0 Å². The summed E-state index contributed by atoms with van der Waals surface area (Å²) < 4.78 is 0. The molecule has 0 saturated carbocycles. The Kier molecular flexibility index (Phi) is 3.65. The van der Waals surface area contributed by atoms with Crippen molar-refractivity contribution in [2.75, 3.05) is 13.1 Å². The van der Waals surface area contributed by atoms with Crippen molar-refractivity contribution in [1.82, 2.24) is 9.88 Å². The zero-order valence-electron chi connectivity index (χ0n) is 10.4. The Morgan fingerprint density at radius 2 is 2.00 bits per heavy atom. The maximum absolute atomic E-state index is 12.2. The second-order valence-electron chi connectivity index (χ2n) is 5.00. The van der Waals surface area contributed by atoms with Gasteiger partial charge < -0.3 is 10.0 Å². The lowest BCUT2D eigenvalue weighted by atomic mass is 9.92. The number of thiazole rings is 1. The van der Waals surface area contributed by atoms with Crippen LogP contribution in [0.4, 0.5) is 0 Å². The molecular formula is C12H16N2O3S. The van der Waals surface area contributed by atoms with Crippen molar-refractivity contribution in [2.45, 2.75) is 20.3 Å². The molecule has 0 radical (unpaired) electrons. The third-order valence-electron chi connectivity index (χ3n) is 3.06. The Bertz CT molecular complexity index is 462. The average Bonchev–Trinajstić information content (AvgIpc) is 2.75. The van der Waals surface area contributed by atoms with Crippen LogP contribution in [0.1, 0.15) is 40.6 Å². The molecule has 2 heterocycles. The summed E-state index contributed by atoms with van der Waals surface area (Å²) in [6.45, 7) is 5.71. The summed E-state index contributed by atoms with van der Waals surface area (Å²) in [5, 5.41) is 10.5. The van der Waals surface area contributed by atoms with Gasteiger partial charge in [-0.3, -0.25) is 4.79 Å². The van der Waals surface area contributed by atoms with Crippen LogP contribution < -0.4 is 0 Å². The number of carboxylic acids is 1. The molecule has 1 aliphatic rings. The zero-order valence-corrected chi connectivity index (χ0v) is 11.2. The SMILES string of the molecule is CC1CC(C)CN(C(=O)c2nc(C(=O)O)cs2)C1. The highest BCUT2D eigenvalue weighted by Gasteiger charge is 2.28. The number of rotatable bonds is 2. The van der Waals surface area contributed by atoms with E-state index >= 15 is 0 Å². The number of hydrogen-bond acceptors (Lipinski definition) is 4. The van der Waals surface area contributed by atoms with E-state index in [0.29, 0.717) is 11.8 Å². The Morgan fingerprint density at radius 3 is 2.50 bits per heavy atom. The first-order valence-electron chi connectivity index (χ1n) is 5.95. The summed E-state index contributed by atoms with van der Waals surface area (Å²) in [6, 6.07) is 0. The number of aromatic nitrogens is 1. The number of carboxylic acid groups (broad SMARTS) is 1. The third kappa shape index (κ3) is 2.69. The van der Waals surface area contributed by atoms with Crippen molar-refractivity contribution in [3.63, 3.8) is 0 Å². The molecule has 2 rings (SSSR count). The molecule has 0 aromatic carbocycles. The topological polar surface area (TPSA) is 70.5 Å². The van der Waals surface area contributed by atoms with Crippen LogP contribution in [0.2, 0.25) is 0 Å². The highest BCUT2D eigenvalue weighted by molar-refractivity contribution is 7.11. The number of amides is 1. The molecule has 0 aliphatic carbocycles. The normalized spacial score (nSPS) is 24.0. The quantitative estimate of drug-likeness (QED) is 0.890. The van der Waals surface area contributed by atoms with E-state index in [2.05, 4.69) is 18.8 Å². The fourth-order valence-corrected chi connectivity index (χ4v) is 3.19.